The van der Waals surface area contributed by atoms with Crippen molar-refractivity contribution in [2.45, 2.75) is 19.4 Å². The van der Waals surface area contributed by atoms with Crippen molar-refractivity contribution < 1.29 is 5.21 Å². The molecule has 0 saturated carbocycles. The normalized spacial score (nSPS) is 18.2. The third-order valence-corrected chi connectivity index (χ3v) is 4.19. The van der Waals surface area contributed by atoms with Crippen molar-refractivity contribution >= 4 is 16.7 Å². The molecule has 0 aliphatic carbocycles. The Morgan fingerprint density at radius 2 is 2.14 bits per heavy atom. The van der Waals surface area contributed by atoms with Crippen molar-refractivity contribution in [2.75, 3.05) is 13.1 Å². The van der Waals surface area contributed by atoms with E-state index in [1.165, 1.54) is 10.9 Å². The second-order valence-electron chi connectivity index (χ2n) is 5.61. The molecule has 1 aromatic carbocycles. The maximum Gasteiger partial charge on any atom is 0.142 e. The van der Waals surface area contributed by atoms with E-state index in [-0.39, 0.29) is 5.92 Å². The van der Waals surface area contributed by atoms with E-state index in [2.05, 4.69) is 39.3 Å². The van der Waals surface area contributed by atoms with Crippen LogP contribution in [0.25, 0.3) is 10.9 Å². The Bertz CT molecular complexity index is 648. The molecule has 2 aromatic rings. The molecule has 0 spiro atoms. The fourth-order valence-corrected chi connectivity index (χ4v) is 2.95. The molecule has 1 aliphatic heterocycles. The van der Waals surface area contributed by atoms with Crippen LogP contribution in [0.4, 0.5) is 0 Å². The van der Waals surface area contributed by atoms with Crippen LogP contribution in [0.2, 0.25) is 0 Å². The van der Waals surface area contributed by atoms with Crippen LogP contribution in [0.15, 0.2) is 41.7 Å². The number of aromatic nitrogens is 1. The van der Waals surface area contributed by atoms with Gasteiger partial charge in [0.1, 0.15) is 5.84 Å². The number of likely N-dealkylation sites (tertiary alicyclic amines) is 1. The van der Waals surface area contributed by atoms with Gasteiger partial charge in [0.15, 0.2) is 0 Å². The van der Waals surface area contributed by atoms with Crippen LogP contribution in [-0.2, 0) is 6.54 Å². The zero-order chi connectivity index (χ0) is 14.7. The summed E-state index contributed by atoms with van der Waals surface area (Å²) < 4.78 is 0. The van der Waals surface area contributed by atoms with Crippen LogP contribution in [0.1, 0.15) is 18.4 Å². The summed E-state index contributed by atoms with van der Waals surface area (Å²) in [4.78, 5) is 6.76. The van der Waals surface area contributed by atoms with Crippen LogP contribution in [0.5, 0.6) is 0 Å². The van der Waals surface area contributed by atoms with Gasteiger partial charge >= 0.3 is 0 Å². The molecular weight excluding hydrogens is 264 g/mol. The highest BCUT2D eigenvalue weighted by atomic mass is 16.4. The summed E-state index contributed by atoms with van der Waals surface area (Å²) in [6.45, 7) is 2.89. The lowest BCUT2D eigenvalue weighted by Gasteiger charge is -2.31. The molecule has 5 heteroatoms. The van der Waals surface area contributed by atoms with Crippen LogP contribution in [-0.4, -0.2) is 34.0 Å². The highest BCUT2D eigenvalue weighted by molar-refractivity contribution is 5.82. The van der Waals surface area contributed by atoms with Crippen LogP contribution in [0.3, 0.4) is 0 Å². The fourth-order valence-electron chi connectivity index (χ4n) is 2.95. The summed E-state index contributed by atoms with van der Waals surface area (Å²) in [5, 5.41) is 13.0. The molecule has 1 aromatic heterocycles. The SMILES string of the molecule is NC(=NO)C1CCN(Cc2ccc3ncccc3c2)CC1. The molecule has 2 heterocycles. The molecule has 3 rings (SSSR count). The lowest BCUT2D eigenvalue weighted by molar-refractivity contribution is 0.198. The van der Waals surface area contributed by atoms with Gasteiger partial charge in [-0.05, 0) is 49.7 Å². The number of fused-ring (bicyclic) bond motifs is 1. The summed E-state index contributed by atoms with van der Waals surface area (Å²) in [5.41, 5.74) is 8.02. The van der Waals surface area contributed by atoms with E-state index in [1.807, 2.05) is 12.3 Å². The average molecular weight is 284 g/mol. The molecule has 0 unspecified atom stereocenters. The lowest BCUT2D eigenvalue weighted by atomic mass is 9.95. The molecule has 0 atom stereocenters. The van der Waals surface area contributed by atoms with Crippen molar-refractivity contribution in [1.82, 2.24) is 9.88 Å². The molecular formula is C16H20N4O. The summed E-state index contributed by atoms with van der Waals surface area (Å²) >= 11 is 0. The summed E-state index contributed by atoms with van der Waals surface area (Å²) in [6, 6.07) is 10.5. The number of nitrogens with zero attached hydrogens (tertiary/aromatic N) is 3. The Morgan fingerprint density at radius 3 is 2.90 bits per heavy atom. The molecule has 0 amide bonds. The summed E-state index contributed by atoms with van der Waals surface area (Å²) in [7, 11) is 0. The second kappa shape index (κ2) is 6.10. The number of nitrogens with two attached hydrogens (primary N) is 1. The fraction of sp³-hybridized carbons (Fsp3) is 0.375. The van der Waals surface area contributed by atoms with E-state index < -0.39 is 0 Å². The Labute approximate surface area is 124 Å². The van der Waals surface area contributed by atoms with Gasteiger partial charge in [0.2, 0.25) is 0 Å². The lowest BCUT2D eigenvalue weighted by Crippen LogP contribution is -2.38. The Kier molecular flexibility index (Phi) is 4.01. The predicted octanol–water partition coefficient (Wildman–Crippen LogP) is 2.19. The third kappa shape index (κ3) is 3.13. The summed E-state index contributed by atoms with van der Waals surface area (Å²) in [6.07, 6.45) is 3.72. The van der Waals surface area contributed by atoms with Crippen molar-refractivity contribution in [2.24, 2.45) is 16.8 Å². The smallest absolute Gasteiger partial charge is 0.142 e. The maximum atomic E-state index is 8.73. The first-order valence-corrected chi connectivity index (χ1v) is 7.29. The molecule has 21 heavy (non-hydrogen) atoms. The van der Waals surface area contributed by atoms with Gasteiger partial charge in [-0.2, -0.15) is 0 Å². The van der Waals surface area contributed by atoms with Gasteiger partial charge in [-0.1, -0.05) is 17.3 Å². The molecule has 5 nitrogen and oxygen atoms in total. The molecule has 1 fully saturated rings. The standard InChI is InChI=1S/C16H20N4O/c17-16(19-21)13-5-8-20(9-6-13)11-12-3-4-15-14(10-12)2-1-7-18-15/h1-4,7,10,13,21H,5-6,8-9,11H2,(H2,17,19). The highest BCUT2D eigenvalue weighted by Crippen LogP contribution is 2.20. The first kappa shape index (κ1) is 13.8. The van der Waals surface area contributed by atoms with Crippen LogP contribution >= 0.6 is 0 Å². The Balaban J connectivity index is 1.64. The number of oxime groups is 1. The number of benzene rings is 1. The van der Waals surface area contributed by atoms with E-state index in [0.717, 1.165) is 38.0 Å². The quantitative estimate of drug-likeness (QED) is 0.392. The van der Waals surface area contributed by atoms with Gasteiger partial charge in [0, 0.05) is 24.0 Å². The number of rotatable bonds is 3. The zero-order valence-electron chi connectivity index (χ0n) is 11.9. The van der Waals surface area contributed by atoms with E-state index in [9.17, 15) is 0 Å². The summed E-state index contributed by atoms with van der Waals surface area (Å²) in [5.74, 6) is 0.582. The Morgan fingerprint density at radius 1 is 1.33 bits per heavy atom. The largest absolute Gasteiger partial charge is 0.409 e. The minimum absolute atomic E-state index is 0.215. The zero-order valence-corrected chi connectivity index (χ0v) is 11.9. The highest BCUT2D eigenvalue weighted by Gasteiger charge is 2.22. The Hall–Kier alpha value is -2.14. The third-order valence-electron chi connectivity index (χ3n) is 4.19. The second-order valence-corrected chi connectivity index (χ2v) is 5.61. The molecule has 0 radical (unpaired) electrons. The van der Waals surface area contributed by atoms with Crippen molar-refractivity contribution in [3.8, 4) is 0 Å². The number of pyridine rings is 1. The average Bonchev–Trinajstić information content (AvgIpc) is 2.55. The van der Waals surface area contributed by atoms with Crippen molar-refractivity contribution in [3.63, 3.8) is 0 Å². The van der Waals surface area contributed by atoms with E-state index in [0.29, 0.717) is 5.84 Å². The van der Waals surface area contributed by atoms with Gasteiger partial charge < -0.3 is 10.9 Å². The van der Waals surface area contributed by atoms with Crippen molar-refractivity contribution in [3.05, 3.63) is 42.1 Å². The number of hydrogen-bond donors (Lipinski definition) is 2. The molecule has 1 saturated heterocycles. The number of hydrogen-bond acceptors (Lipinski definition) is 4. The monoisotopic (exact) mass is 284 g/mol. The first-order chi connectivity index (χ1) is 10.3. The minimum Gasteiger partial charge on any atom is -0.409 e. The topological polar surface area (TPSA) is 74.7 Å². The van der Waals surface area contributed by atoms with Crippen LogP contribution < -0.4 is 5.73 Å². The van der Waals surface area contributed by atoms with Gasteiger partial charge in [0.05, 0.1) is 5.52 Å². The van der Waals surface area contributed by atoms with Gasteiger partial charge in [0.25, 0.3) is 0 Å². The van der Waals surface area contributed by atoms with Gasteiger partial charge in [-0.25, -0.2) is 0 Å². The number of piperidine rings is 1. The van der Waals surface area contributed by atoms with Crippen molar-refractivity contribution in [1.29, 1.82) is 0 Å². The van der Waals surface area contributed by atoms with Gasteiger partial charge in [-0.3, -0.25) is 9.88 Å². The molecule has 3 N–H and O–H groups in total. The maximum absolute atomic E-state index is 8.73. The first-order valence-electron chi connectivity index (χ1n) is 7.29. The predicted molar refractivity (Wildman–Crippen MR) is 83.2 cm³/mol. The number of amidine groups is 1. The minimum atomic E-state index is 0.215. The molecule has 0 bridgehead atoms. The van der Waals surface area contributed by atoms with E-state index in [1.54, 1.807) is 0 Å². The van der Waals surface area contributed by atoms with Gasteiger partial charge in [-0.15, -0.1) is 0 Å². The van der Waals surface area contributed by atoms with Crippen LogP contribution in [0, 0.1) is 5.92 Å². The molecule has 1 aliphatic rings. The van der Waals surface area contributed by atoms with E-state index >= 15 is 0 Å². The van der Waals surface area contributed by atoms with E-state index in [4.69, 9.17) is 10.9 Å². The molecule has 110 valence electrons.